The summed E-state index contributed by atoms with van der Waals surface area (Å²) < 4.78 is 0. The predicted octanol–water partition coefficient (Wildman–Crippen LogP) is 1.54. The summed E-state index contributed by atoms with van der Waals surface area (Å²) in [5.41, 5.74) is 12.9. The Bertz CT molecular complexity index is 490. The molecule has 1 aliphatic heterocycles. The number of rotatable bonds is 3. The SMILES string of the molecule is CCN=C(N)N=C(N)N(c1ccccc1)N1CCCCC1. The fraction of sp³-hybridized carbons (Fsp3) is 0.467. The monoisotopic (exact) mass is 288 g/mol. The summed E-state index contributed by atoms with van der Waals surface area (Å²) in [6.07, 6.45) is 3.58. The van der Waals surface area contributed by atoms with Gasteiger partial charge in [-0.2, -0.15) is 4.99 Å². The minimum Gasteiger partial charge on any atom is -0.368 e. The molecule has 0 bridgehead atoms. The van der Waals surface area contributed by atoms with Gasteiger partial charge in [0.25, 0.3) is 0 Å². The van der Waals surface area contributed by atoms with Crippen molar-refractivity contribution in [1.82, 2.24) is 5.01 Å². The molecule has 0 aliphatic carbocycles. The molecule has 0 saturated carbocycles. The molecule has 0 radical (unpaired) electrons. The highest BCUT2D eigenvalue weighted by Crippen LogP contribution is 2.19. The molecule has 114 valence electrons. The molecule has 6 nitrogen and oxygen atoms in total. The van der Waals surface area contributed by atoms with Crippen molar-refractivity contribution >= 4 is 17.6 Å². The molecular weight excluding hydrogens is 264 g/mol. The van der Waals surface area contributed by atoms with Crippen molar-refractivity contribution < 1.29 is 0 Å². The number of para-hydroxylation sites is 1. The van der Waals surface area contributed by atoms with Crippen LogP contribution in [0, 0.1) is 0 Å². The van der Waals surface area contributed by atoms with E-state index in [1.807, 2.05) is 42.3 Å². The van der Waals surface area contributed by atoms with Gasteiger partial charge in [0, 0.05) is 19.6 Å². The van der Waals surface area contributed by atoms with Crippen LogP contribution in [0.15, 0.2) is 40.3 Å². The number of nitrogens with zero attached hydrogens (tertiary/aromatic N) is 4. The molecule has 2 rings (SSSR count). The second-order valence-corrected chi connectivity index (χ2v) is 4.96. The highest BCUT2D eigenvalue weighted by atomic mass is 15.7. The minimum absolute atomic E-state index is 0.216. The van der Waals surface area contributed by atoms with Crippen LogP contribution in [0.5, 0.6) is 0 Å². The summed E-state index contributed by atoms with van der Waals surface area (Å²) >= 11 is 0. The van der Waals surface area contributed by atoms with Crippen molar-refractivity contribution in [2.75, 3.05) is 24.6 Å². The smallest absolute Gasteiger partial charge is 0.218 e. The average molecular weight is 288 g/mol. The fourth-order valence-corrected chi connectivity index (χ4v) is 2.45. The first-order valence-corrected chi connectivity index (χ1v) is 7.46. The predicted molar refractivity (Wildman–Crippen MR) is 88.1 cm³/mol. The van der Waals surface area contributed by atoms with E-state index in [4.69, 9.17) is 11.5 Å². The highest BCUT2D eigenvalue weighted by molar-refractivity contribution is 6.01. The zero-order valence-electron chi connectivity index (χ0n) is 12.6. The first kappa shape index (κ1) is 15.3. The molecule has 1 heterocycles. The molecule has 0 aromatic heterocycles. The molecule has 0 amide bonds. The van der Waals surface area contributed by atoms with Gasteiger partial charge in [-0.05, 0) is 31.9 Å². The second kappa shape index (κ2) is 7.64. The van der Waals surface area contributed by atoms with Gasteiger partial charge in [0.05, 0.1) is 5.69 Å². The number of aliphatic imine (C=N–C) groups is 2. The number of guanidine groups is 2. The summed E-state index contributed by atoms with van der Waals surface area (Å²) in [5, 5.41) is 4.16. The molecule has 21 heavy (non-hydrogen) atoms. The van der Waals surface area contributed by atoms with Crippen LogP contribution in [0.2, 0.25) is 0 Å². The van der Waals surface area contributed by atoms with E-state index in [2.05, 4.69) is 15.0 Å². The minimum atomic E-state index is 0.216. The highest BCUT2D eigenvalue weighted by Gasteiger charge is 2.21. The van der Waals surface area contributed by atoms with E-state index in [9.17, 15) is 0 Å². The molecule has 0 atom stereocenters. The van der Waals surface area contributed by atoms with Gasteiger partial charge < -0.3 is 11.5 Å². The second-order valence-electron chi connectivity index (χ2n) is 4.96. The number of piperidine rings is 1. The van der Waals surface area contributed by atoms with Crippen LogP contribution in [-0.2, 0) is 0 Å². The van der Waals surface area contributed by atoms with E-state index in [0.717, 1.165) is 31.6 Å². The lowest BCUT2D eigenvalue weighted by atomic mass is 10.1. The largest absolute Gasteiger partial charge is 0.368 e. The Hall–Kier alpha value is -2.08. The van der Waals surface area contributed by atoms with E-state index in [1.54, 1.807) is 0 Å². The molecule has 0 unspecified atom stereocenters. The van der Waals surface area contributed by atoms with Crippen molar-refractivity contribution in [2.24, 2.45) is 21.5 Å². The van der Waals surface area contributed by atoms with E-state index in [1.165, 1.54) is 6.42 Å². The van der Waals surface area contributed by atoms with Gasteiger partial charge in [-0.25, -0.2) is 10.0 Å². The Morgan fingerprint density at radius 3 is 2.43 bits per heavy atom. The van der Waals surface area contributed by atoms with E-state index in [0.29, 0.717) is 12.5 Å². The maximum Gasteiger partial charge on any atom is 0.218 e. The number of hydrogen-bond donors (Lipinski definition) is 2. The van der Waals surface area contributed by atoms with E-state index < -0.39 is 0 Å². The third-order valence-corrected chi connectivity index (χ3v) is 3.38. The zero-order chi connectivity index (χ0) is 15.1. The van der Waals surface area contributed by atoms with Crippen LogP contribution in [0.25, 0.3) is 0 Å². The number of anilines is 1. The molecule has 1 aromatic carbocycles. The van der Waals surface area contributed by atoms with Gasteiger partial charge in [-0.1, -0.05) is 24.6 Å². The number of hydrogen-bond acceptors (Lipinski definition) is 2. The lowest BCUT2D eigenvalue weighted by molar-refractivity contribution is 0.236. The lowest BCUT2D eigenvalue weighted by Crippen LogP contribution is -2.52. The first-order valence-electron chi connectivity index (χ1n) is 7.46. The van der Waals surface area contributed by atoms with Crippen LogP contribution >= 0.6 is 0 Å². The van der Waals surface area contributed by atoms with Gasteiger partial charge in [-0.3, -0.25) is 4.99 Å². The maximum absolute atomic E-state index is 6.19. The van der Waals surface area contributed by atoms with Gasteiger partial charge in [0.2, 0.25) is 11.9 Å². The van der Waals surface area contributed by atoms with E-state index >= 15 is 0 Å². The molecule has 0 spiro atoms. The van der Waals surface area contributed by atoms with Gasteiger partial charge in [-0.15, -0.1) is 0 Å². The van der Waals surface area contributed by atoms with Crippen molar-refractivity contribution in [3.8, 4) is 0 Å². The molecule has 4 N–H and O–H groups in total. The van der Waals surface area contributed by atoms with Crippen molar-refractivity contribution in [1.29, 1.82) is 0 Å². The Balaban J connectivity index is 2.29. The molecule has 1 aromatic rings. The van der Waals surface area contributed by atoms with Gasteiger partial charge in [0.1, 0.15) is 0 Å². The topological polar surface area (TPSA) is 83.2 Å². The van der Waals surface area contributed by atoms with Gasteiger partial charge >= 0.3 is 0 Å². The van der Waals surface area contributed by atoms with Crippen LogP contribution < -0.4 is 16.5 Å². The average Bonchev–Trinajstić information content (AvgIpc) is 2.50. The zero-order valence-corrected chi connectivity index (χ0v) is 12.6. The Kier molecular flexibility index (Phi) is 5.57. The first-order chi connectivity index (χ1) is 10.2. The number of hydrazine groups is 1. The Labute approximate surface area is 126 Å². The van der Waals surface area contributed by atoms with E-state index in [-0.39, 0.29) is 5.96 Å². The van der Waals surface area contributed by atoms with Crippen molar-refractivity contribution in [3.05, 3.63) is 30.3 Å². The third-order valence-electron chi connectivity index (χ3n) is 3.38. The quantitative estimate of drug-likeness (QED) is 0.653. The molecule has 1 aliphatic rings. The number of nitrogens with two attached hydrogens (primary N) is 2. The summed E-state index contributed by atoms with van der Waals surface area (Å²) in [7, 11) is 0. The summed E-state index contributed by atoms with van der Waals surface area (Å²) in [6, 6.07) is 10.00. The normalized spacial score (nSPS) is 17.8. The third kappa shape index (κ3) is 4.19. The van der Waals surface area contributed by atoms with Crippen molar-refractivity contribution in [2.45, 2.75) is 26.2 Å². The summed E-state index contributed by atoms with van der Waals surface area (Å²) in [5.74, 6) is 0.575. The van der Waals surface area contributed by atoms with Crippen molar-refractivity contribution in [3.63, 3.8) is 0 Å². The standard InChI is InChI=1S/C15H24N6/c1-2-18-14(16)19-15(17)21(13-9-5-3-6-10-13)20-11-7-4-8-12-20/h3,5-6,9-10H,2,4,7-8,11-12H2,1H3,(H4,16,17,18,19). The maximum atomic E-state index is 6.19. The fourth-order valence-electron chi connectivity index (χ4n) is 2.45. The number of benzene rings is 1. The molecule has 1 fully saturated rings. The Morgan fingerprint density at radius 2 is 1.81 bits per heavy atom. The van der Waals surface area contributed by atoms with Crippen LogP contribution in [-0.4, -0.2) is 36.6 Å². The molecule has 6 heteroatoms. The van der Waals surface area contributed by atoms with Crippen LogP contribution in [0.3, 0.4) is 0 Å². The summed E-state index contributed by atoms with van der Waals surface area (Å²) in [4.78, 5) is 8.29. The summed E-state index contributed by atoms with van der Waals surface area (Å²) in [6.45, 7) is 4.45. The lowest BCUT2D eigenvalue weighted by Gasteiger charge is -2.37. The van der Waals surface area contributed by atoms with Gasteiger partial charge in [0.15, 0.2) is 0 Å². The molecular formula is C15H24N6. The Morgan fingerprint density at radius 1 is 1.14 bits per heavy atom. The van der Waals surface area contributed by atoms with Crippen LogP contribution in [0.4, 0.5) is 5.69 Å². The van der Waals surface area contributed by atoms with Crippen LogP contribution in [0.1, 0.15) is 26.2 Å². The molecule has 1 saturated heterocycles.